The first-order chi connectivity index (χ1) is 7.91. The molecule has 0 aromatic carbocycles. The van der Waals surface area contributed by atoms with Gasteiger partial charge in [-0.1, -0.05) is 12.2 Å². The Bertz CT molecular complexity index is 526. The smallest absolute Gasteiger partial charge is 0.262 e. The molecule has 6 heteroatoms. The summed E-state index contributed by atoms with van der Waals surface area (Å²) in [5, 5.41) is 0.132. The van der Waals surface area contributed by atoms with Crippen LogP contribution in [0, 0.1) is 6.92 Å². The van der Waals surface area contributed by atoms with E-state index in [0.717, 1.165) is 18.4 Å². The van der Waals surface area contributed by atoms with Gasteiger partial charge in [-0.25, -0.2) is 13.4 Å². The molecule has 2 heterocycles. The third-order valence-electron chi connectivity index (χ3n) is 3.03. The summed E-state index contributed by atoms with van der Waals surface area (Å²) in [4.78, 5) is 4.09. The van der Waals surface area contributed by atoms with E-state index in [9.17, 15) is 8.42 Å². The zero-order valence-corrected chi connectivity index (χ0v) is 11.0. The molecule has 0 radical (unpaired) electrons. The van der Waals surface area contributed by atoms with Crippen molar-refractivity contribution in [2.45, 2.75) is 24.8 Å². The number of imidazole rings is 1. The molecule has 94 valence electrons. The highest BCUT2D eigenvalue weighted by Crippen LogP contribution is 2.21. The van der Waals surface area contributed by atoms with Crippen molar-refractivity contribution in [2.24, 2.45) is 7.05 Å². The lowest BCUT2D eigenvalue weighted by Crippen LogP contribution is -2.36. The normalized spacial score (nSPS) is 18.6. The Morgan fingerprint density at radius 1 is 1.47 bits per heavy atom. The van der Waals surface area contributed by atoms with Crippen molar-refractivity contribution in [3.05, 3.63) is 24.2 Å². The zero-order valence-electron chi connectivity index (χ0n) is 10.2. The standard InChI is InChI=1S/C11H17N3O2S/c1-9-5-4-6-14(7-9)17(15,16)11-8-13(3)10(2)12-11/h8H,1,4-7H2,2-3H3. The number of hydrogen-bond acceptors (Lipinski definition) is 3. The molecule has 0 unspecified atom stereocenters. The second-order valence-electron chi connectivity index (χ2n) is 4.43. The number of aryl methyl sites for hydroxylation is 2. The molecular weight excluding hydrogens is 238 g/mol. The lowest BCUT2D eigenvalue weighted by molar-refractivity contribution is 0.394. The van der Waals surface area contributed by atoms with Crippen molar-refractivity contribution in [3.8, 4) is 0 Å². The van der Waals surface area contributed by atoms with Crippen LogP contribution in [0.1, 0.15) is 18.7 Å². The maximum Gasteiger partial charge on any atom is 0.262 e. The number of piperidine rings is 1. The van der Waals surface area contributed by atoms with Gasteiger partial charge in [0.25, 0.3) is 10.0 Å². The minimum absolute atomic E-state index is 0.132. The van der Waals surface area contributed by atoms with Crippen molar-refractivity contribution in [1.82, 2.24) is 13.9 Å². The molecule has 1 saturated heterocycles. The number of aromatic nitrogens is 2. The molecule has 17 heavy (non-hydrogen) atoms. The van der Waals surface area contributed by atoms with Gasteiger partial charge in [0.15, 0.2) is 5.03 Å². The maximum atomic E-state index is 12.3. The van der Waals surface area contributed by atoms with Gasteiger partial charge in [0, 0.05) is 26.3 Å². The van der Waals surface area contributed by atoms with Crippen LogP contribution in [0.3, 0.4) is 0 Å². The number of sulfonamides is 1. The molecule has 0 amide bonds. The highest BCUT2D eigenvalue weighted by atomic mass is 32.2. The molecule has 2 rings (SSSR count). The fraction of sp³-hybridized carbons (Fsp3) is 0.545. The van der Waals surface area contributed by atoms with Gasteiger partial charge < -0.3 is 4.57 Å². The van der Waals surface area contributed by atoms with E-state index in [0.29, 0.717) is 18.9 Å². The first-order valence-corrected chi connectivity index (χ1v) is 7.02. The zero-order chi connectivity index (χ0) is 12.6. The Labute approximate surface area is 102 Å². The predicted octanol–water partition coefficient (Wildman–Crippen LogP) is 1.07. The average Bonchev–Trinajstić information content (AvgIpc) is 2.60. The fourth-order valence-corrected chi connectivity index (χ4v) is 3.43. The Balaban J connectivity index is 2.32. The van der Waals surface area contributed by atoms with Gasteiger partial charge in [-0.2, -0.15) is 4.31 Å². The molecule has 0 N–H and O–H groups in total. The molecule has 1 fully saturated rings. The van der Waals surface area contributed by atoms with E-state index in [2.05, 4.69) is 11.6 Å². The van der Waals surface area contributed by atoms with Crippen LogP contribution < -0.4 is 0 Å². The van der Waals surface area contributed by atoms with Crippen molar-refractivity contribution in [2.75, 3.05) is 13.1 Å². The predicted molar refractivity (Wildman–Crippen MR) is 65.1 cm³/mol. The van der Waals surface area contributed by atoms with Gasteiger partial charge in [0.2, 0.25) is 0 Å². The summed E-state index contributed by atoms with van der Waals surface area (Å²) in [6, 6.07) is 0. The summed E-state index contributed by atoms with van der Waals surface area (Å²) in [6.07, 6.45) is 3.30. The van der Waals surface area contributed by atoms with Crippen LogP contribution in [0.15, 0.2) is 23.4 Å². The first kappa shape index (κ1) is 12.3. The van der Waals surface area contributed by atoms with E-state index in [-0.39, 0.29) is 5.03 Å². The highest BCUT2D eigenvalue weighted by molar-refractivity contribution is 7.89. The van der Waals surface area contributed by atoms with Gasteiger partial charge in [-0.05, 0) is 19.8 Å². The summed E-state index contributed by atoms with van der Waals surface area (Å²) in [6.45, 7) is 6.62. The summed E-state index contributed by atoms with van der Waals surface area (Å²) in [7, 11) is -1.67. The van der Waals surface area contributed by atoms with Gasteiger partial charge in [0.1, 0.15) is 5.82 Å². The molecule has 1 aromatic heterocycles. The Kier molecular flexibility index (Phi) is 3.09. The van der Waals surface area contributed by atoms with Crippen molar-refractivity contribution in [3.63, 3.8) is 0 Å². The van der Waals surface area contributed by atoms with E-state index in [1.807, 2.05) is 0 Å². The number of rotatable bonds is 2. The molecular formula is C11H17N3O2S. The summed E-state index contributed by atoms with van der Waals surface area (Å²) in [5.41, 5.74) is 0.965. The number of nitrogens with zero attached hydrogens (tertiary/aromatic N) is 3. The minimum Gasteiger partial charge on any atom is -0.337 e. The van der Waals surface area contributed by atoms with Gasteiger partial charge in [-0.3, -0.25) is 0 Å². The molecule has 1 aromatic rings. The summed E-state index contributed by atoms with van der Waals surface area (Å²) >= 11 is 0. The number of hydrogen-bond donors (Lipinski definition) is 0. The molecule has 0 atom stereocenters. The largest absolute Gasteiger partial charge is 0.337 e. The topological polar surface area (TPSA) is 55.2 Å². The van der Waals surface area contributed by atoms with Crippen LogP contribution in [-0.4, -0.2) is 35.4 Å². The van der Waals surface area contributed by atoms with Crippen LogP contribution >= 0.6 is 0 Å². The van der Waals surface area contributed by atoms with Crippen molar-refractivity contribution < 1.29 is 8.42 Å². The summed E-state index contributed by atoms with van der Waals surface area (Å²) < 4.78 is 27.8. The molecule has 5 nitrogen and oxygen atoms in total. The van der Waals surface area contributed by atoms with E-state index in [1.54, 1.807) is 24.7 Å². The molecule has 1 aliphatic heterocycles. The SMILES string of the molecule is C=C1CCCN(S(=O)(=O)c2cn(C)c(C)n2)C1. The third-order valence-corrected chi connectivity index (χ3v) is 4.75. The average molecular weight is 255 g/mol. The summed E-state index contributed by atoms with van der Waals surface area (Å²) in [5.74, 6) is 0.694. The molecule has 0 spiro atoms. The van der Waals surface area contributed by atoms with Crippen molar-refractivity contribution >= 4 is 10.0 Å². The van der Waals surface area contributed by atoms with Gasteiger partial charge >= 0.3 is 0 Å². The highest BCUT2D eigenvalue weighted by Gasteiger charge is 2.29. The Hall–Kier alpha value is -1.14. The van der Waals surface area contributed by atoms with Crippen LogP contribution in [0.25, 0.3) is 0 Å². The van der Waals surface area contributed by atoms with Gasteiger partial charge in [-0.15, -0.1) is 0 Å². The second kappa shape index (κ2) is 4.27. The van der Waals surface area contributed by atoms with E-state index in [1.165, 1.54) is 4.31 Å². The molecule has 0 aliphatic carbocycles. The first-order valence-electron chi connectivity index (χ1n) is 5.58. The Morgan fingerprint density at radius 2 is 2.18 bits per heavy atom. The van der Waals surface area contributed by atoms with Gasteiger partial charge in [0.05, 0.1) is 0 Å². The van der Waals surface area contributed by atoms with Crippen molar-refractivity contribution in [1.29, 1.82) is 0 Å². The van der Waals surface area contributed by atoms with E-state index < -0.39 is 10.0 Å². The third kappa shape index (κ3) is 2.28. The van der Waals surface area contributed by atoms with Crippen LogP contribution in [0.4, 0.5) is 0 Å². The fourth-order valence-electron chi connectivity index (χ4n) is 1.90. The monoisotopic (exact) mass is 255 g/mol. The quantitative estimate of drug-likeness (QED) is 0.743. The maximum absolute atomic E-state index is 12.3. The van der Waals surface area contributed by atoms with Crippen LogP contribution in [0.2, 0.25) is 0 Å². The molecule has 1 aliphatic rings. The second-order valence-corrected chi connectivity index (χ2v) is 6.31. The van der Waals surface area contributed by atoms with Crippen LogP contribution in [0.5, 0.6) is 0 Å². The molecule has 0 saturated carbocycles. The Morgan fingerprint density at radius 3 is 2.71 bits per heavy atom. The van der Waals surface area contributed by atoms with E-state index in [4.69, 9.17) is 0 Å². The molecule has 0 bridgehead atoms. The lowest BCUT2D eigenvalue weighted by Gasteiger charge is -2.26. The van der Waals surface area contributed by atoms with E-state index >= 15 is 0 Å². The minimum atomic E-state index is -3.46. The lowest BCUT2D eigenvalue weighted by atomic mass is 10.1. The van der Waals surface area contributed by atoms with Crippen LogP contribution in [-0.2, 0) is 17.1 Å².